The molecule has 2 aromatic carbocycles. The molecule has 0 radical (unpaired) electrons. The number of nitrogens with one attached hydrogen (secondary N) is 2. The summed E-state index contributed by atoms with van der Waals surface area (Å²) in [5, 5.41) is 11.0. The molecule has 1 fully saturated rings. The molecule has 3 heterocycles. The van der Waals surface area contributed by atoms with Crippen molar-refractivity contribution >= 4 is 55.8 Å². The smallest absolute Gasteiger partial charge is 0.293 e. The van der Waals surface area contributed by atoms with Crippen molar-refractivity contribution in [2.24, 2.45) is 18.7 Å². The van der Waals surface area contributed by atoms with E-state index >= 15 is 8.78 Å². The second kappa shape index (κ2) is 13.2. The first kappa shape index (κ1) is 38.1. The molecule has 12 nitrogen and oxygen atoms in total. The third-order valence-electron chi connectivity index (χ3n) is 9.85. The van der Waals surface area contributed by atoms with Crippen LogP contribution in [0.2, 0.25) is 5.02 Å². The van der Waals surface area contributed by atoms with Crippen LogP contribution >= 0.6 is 11.6 Å². The maximum atomic E-state index is 16.0. The van der Waals surface area contributed by atoms with Crippen LogP contribution in [0.5, 0.6) is 0 Å². The second-order valence-electron chi connectivity index (χ2n) is 13.8. The average molecular weight is 809 g/mol. The first-order valence-corrected chi connectivity index (χ1v) is 18.9. The van der Waals surface area contributed by atoms with Crippen molar-refractivity contribution in [1.82, 2.24) is 24.5 Å². The summed E-state index contributed by atoms with van der Waals surface area (Å²) in [7, 11) is -2.42. The highest BCUT2D eigenvalue weighted by atomic mass is 35.5. The fourth-order valence-corrected chi connectivity index (χ4v) is 8.46. The number of halogens is 7. The number of hydrogen-bond acceptors (Lipinski definition) is 7. The van der Waals surface area contributed by atoms with Crippen molar-refractivity contribution in [2.45, 2.75) is 56.9 Å². The molecule has 5 aromatic rings. The monoisotopic (exact) mass is 808 g/mol. The number of nitrogens with zero attached hydrogens (tertiary/aromatic N) is 5. The summed E-state index contributed by atoms with van der Waals surface area (Å²) in [5.41, 5.74) is 4.31. The first-order chi connectivity index (χ1) is 25.7. The topological polar surface area (TPSA) is 167 Å². The van der Waals surface area contributed by atoms with Crippen LogP contribution in [0, 0.1) is 24.5 Å². The zero-order chi connectivity index (χ0) is 40.0. The Morgan fingerprint density at radius 3 is 2.35 bits per heavy atom. The molecule has 1 unspecified atom stereocenters. The number of alkyl halides is 4. The molecule has 20 heteroatoms. The van der Waals surface area contributed by atoms with Gasteiger partial charge in [-0.1, -0.05) is 17.7 Å². The largest absolute Gasteiger partial charge is 0.368 e. The summed E-state index contributed by atoms with van der Waals surface area (Å²) in [6, 6.07) is 4.81. The van der Waals surface area contributed by atoms with E-state index < -0.39 is 87.4 Å². The third-order valence-corrected chi connectivity index (χ3v) is 10.7. The van der Waals surface area contributed by atoms with Gasteiger partial charge in [-0.25, -0.2) is 30.7 Å². The van der Waals surface area contributed by atoms with Crippen LogP contribution in [-0.4, -0.2) is 51.0 Å². The van der Waals surface area contributed by atoms with Crippen LogP contribution in [0.25, 0.3) is 22.0 Å². The molecular formula is C35H31ClF6N8O4S. The van der Waals surface area contributed by atoms with Crippen molar-refractivity contribution in [2.75, 3.05) is 16.3 Å². The number of aryl methyl sites for hydroxylation is 2. The van der Waals surface area contributed by atoms with Crippen LogP contribution in [0.4, 0.5) is 37.8 Å². The van der Waals surface area contributed by atoms with E-state index in [9.17, 15) is 35.6 Å². The Morgan fingerprint density at radius 1 is 1.07 bits per heavy atom. The Balaban J connectivity index is 1.56. The molecule has 2 aliphatic carbocycles. The molecule has 0 aliphatic heterocycles. The number of primary amides is 1. The van der Waals surface area contributed by atoms with Gasteiger partial charge >= 0.3 is 0 Å². The van der Waals surface area contributed by atoms with Crippen molar-refractivity contribution in [3.63, 3.8) is 0 Å². The summed E-state index contributed by atoms with van der Waals surface area (Å²) in [5.74, 6) is -11.5. The normalized spacial score (nSPS) is 18.3. The van der Waals surface area contributed by atoms with E-state index in [1.165, 1.54) is 43.8 Å². The average Bonchev–Trinajstić information content (AvgIpc) is 3.59. The van der Waals surface area contributed by atoms with Gasteiger partial charge in [0.25, 0.3) is 12.3 Å². The molecule has 0 saturated heterocycles. The van der Waals surface area contributed by atoms with Gasteiger partial charge in [-0.05, 0) is 55.5 Å². The molecule has 7 rings (SSSR count). The molecule has 1 saturated carbocycles. The summed E-state index contributed by atoms with van der Waals surface area (Å²) < 4.78 is 119. The van der Waals surface area contributed by atoms with E-state index in [-0.39, 0.29) is 67.5 Å². The van der Waals surface area contributed by atoms with Crippen LogP contribution in [0.1, 0.15) is 71.6 Å². The third kappa shape index (κ3) is 6.66. The lowest BCUT2D eigenvalue weighted by molar-refractivity contribution is -0.122. The predicted molar refractivity (Wildman–Crippen MR) is 189 cm³/mol. The number of fused-ring (bicyclic) bond motifs is 4. The summed E-state index contributed by atoms with van der Waals surface area (Å²) in [6.45, 7) is 2.71. The van der Waals surface area contributed by atoms with E-state index in [4.69, 9.17) is 22.3 Å². The van der Waals surface area contributed by atoms with Crippen molar-refractivity contribution in [3.8, 4) is 11.1 Å². The number of amides is 2. The van der Waals surface area contributed by atoms with Crippen LogP contribution in [-0.2, 0) is 39.0 Å². The van der Waals surface area contributed by atoms with Crippen molar-refractivity contribution in [3.05, 3.63) is 87.0 Å². The molecule has 4 N–H and O–H groups in total. The van der Waals surface area contributed by atoms with Gasteiger partial charge in [0.15, 0.2) is 5.82 Å². The number of sulfonamides is 1. The summed E-state index contributed by atoms with van der Waals surface area (Å²) in [4.78, 5) is 30.8. The van der Waals surface area contributed by atoms with Gasteiger partial charge in [0.1, 0.15) is 29.1 Å². The Hall–Kier alpha value is -5.17. The maximum absolute atomic E-state index is 16.0. The molecular weight excluding hydrogens is 778 g/mol. The minimum Gasteiger partial charge on any atom is -0.368 e. The van der Waals surface area contributed by atoms with Gasteiger partial charge in [0.2, 0.25) is 21.8 Å². The van der Waals surface area contributed by atoms with E-state index in [2.05, 4.69) is 20.2 Å². The number of hydrogen-bond donors (Lipinski definition) is 3. The van der Waals surface area contributed by atoms with E-state index in [1.807, 2.05) is 0 Å². The Kier molecular flexibility index (Phi) is 9.18. The van der Waals surface area contributed by atoms with E-state index in [1.54, 1.807) is 0 Å². The zero-order valence-corrected chi connectivity index (χ0v) is 30.8. The number of nitrogens with two attached hydrogens (primary N) is 1. The minimum absolute atomic E-state index is 0.0518. The van der Waals surface area contributed by atoms with E-state index in [0.29, 0.717) is 10.7 Å². The van der Waals surface area contributed by atoms with Gasteiger partial charge < -0.3 is 11.1 Å². The molecule has 4 atom stereocenters. The zero-order valence-electron chi connectivity index (χ0n) is 29.3. The maximum Gasteiger partial charge on any atom is 0.293 e. The number of carbonyl (C=O) groups excluding carboxylic acids is 2. The van der Waals surface area contributed by atoms with Crippen LogP contribution in [0.15, 0.2) is 36.4 Å². The number of benzene rings is 2. The Labute approximate surface area is 314 Å². The molecule has 2 aliphatic rings. The highest BCUT2D eigenvalue weighted by Gasteiger charge is 2.67. The van der Waals surface area contributed by atoms with E-state index in [0.717, 1.165) is 18.4 Å². The number of pyridine rings is 1. The molecule has 3 aromatic heterocycles. The predicted octanol–water partition coefficient (Wildman–Crippen LogP) is 6.60. The summed E-state index contributed by atoms with van der Waals surface area (Å²) in [6.07, 6.45) is -3.00. The highest BCUT2D eigenvalue weighted by Crippen LogP contribution is 2.68. The molecule has 2 amide bonds. The summed E-state index contributed by atoms with van der Waals surface area (Å²) >= 11 is 6.59. The van der Waals surface area contributed by atoms with Gasteiger partial charge in [0, 0.05) is 48.6 Å². The number of carbonyl (C=O) groups is 2. The fourth-order valence-electron chi connectivity index (χ4n) is 7.73. The molecule has 290 valence electrons. The number of anilines is 2. The van der Waals surface area contributed by atoms with Crippen molar-refractivity contribution < 1.29 is 44.3 Å². The van der Waals surface area contributed by atoms with Crippen molar-refractivity contribution in [1.29, 1.82) is 0 Å². The Morgan fingerprint density at radius 2 is 1.75 bits per heavy atom. The number of aromatic nitrogens is 5. The lowest BCUT2D eigenvalue weighted by Gasteiger charge is -2.30. The molecule has 0 spiro atoms. The lowest BCUT2D eigenvalue weighted by atomic mass is 9.83. The second-order valence-corrected chi connectivity index (χ2v) is 16.0. The van der Waals surface area contributed by atoms with Crippen LogP contribution in [0.3, 0.4) is 0 Å². The van der Waals surface area contributed by atoms with Crippen LogP contribution < -0.4 is 15.8 Å². The standard InChI is InChI=1S/C35H31ClF6N8O4S/c1-13-24(45-14(2)51)12-19(18-5-6-23(36)26-29(18)49(3)47-34(26)48-55(4,53)54)27(44-13)21(9-15-7-16(37)10-17(38)8-15)30(33(43)52)50-31-25(28(46-50)32(39)40)20-11-22(20)35(31,41)42/h5-8,10,12,20-22,30,32H,9,11H2,1-4H3,(H2,43,52)(H,45,51)(H,47,48)/t20-,21+,22+,30?/m0/s1. The quantitative estimate of drug-likeness (QED) is 0.127. The Bertz CT molecular complexity index is 2540. The van der Waals surface area contributed by atoms with Gasteiger partial charge in [-0.3, -0.25) is 24.0 Å². The minimum atomic E-state index is -3.89. The molecule has 55 heavy (non-hydrogen) atoms. The lowest BCUT2D eigenvalue weighted by Crippen LogP contribution is -2.37. The first-order valence-electron chi connectivity index (χ1n) is 16.6. The SMILES string of the molecule is CC(=O)Nc1cc(-c2ccc(Cl)c3c(NS(C)(=O)=O)nn(C)c23)c([C@@H](Cc2cc(F)cc(F)c2)C(C(N)=O)n2nc(C(F)F)c3c2C(F)(F)[C@@H]2C[C@H]32)nc1C. The van der Waals surface area contributed by atoms with Gasteiger partial charge in [0.05, 0.1) is 39.3 Å². The van der Waals surface area contributed by atoms with Gasteiger partial charge in [-0.2, -0.15) is 19.0 Å². The molecule has 0 bridgehead atoms. The number of rotatable bonds is 11. The van der Waals surface area contributed by atoms with Gasteiger partial charge in [-0.15, -0.1) is 0 Å². The highest BCUT2D eigenvalue weighted by molar-refractivity contribution is 7.92. The fraction of sp³-hybridized carbons (Fsp3) is 0.343.